The van der Waals surface area contributed by atoms with Gasteiger partial charge in [0.1, 0.15) is 28.7 Å². The molecule has 0 unspecified atom stereocenters. The van der Waals surface area contributed by atoms with Crippen LogP contribution in [0.25, 0.3) is 28.1 Å². The SMILES string of the molecule is CC[S@@](=O)(=NC)c1ccc(-n2ccn(-c3c4c(nn3-c3cc(C)c(F)c(C)c3)CCN(C(=O)c3cc5cc(C6CCOCC6)ccc5n3[C@@]3(c5nsc(=O)[nH]5)C[C@@H]3C)[C@H]4C)c2=O)cc1. The third-order valence-corrected chi connectivity index (χ3v) is 16.7. The number of H-pyrrole nitrogens is 1. The van der Waals surface area contributed by atoms with Crippen molar-refractivity contribution >= 4 is 38.1 Å². The van der Waals surface area contributed by atoms with E-state index in [1.165, 1.54) is 14.7 Å². The molecule has 4 aromatic heterocycles. The standard InChI is InChI=1S/C47H50FN9O5S2/c1-7-64(61,49-6)36-11-9-34(10-12-36)54-18-19-55(46(54)60)42-40-30(5)53(17-14-37(40)51-57(42)35-22-27(2)41(48)28(3)23-35)43(58)39-25-33-24-32(31-15-20-62-21-16-31)8-13-38(33)56(39)47(26-29(47)4)44-50-45(59)63-52-44/h8-13,18-19,22-25,29-31H,7,14-17,20-21,26H2,1-6H3,(H,50,52,59)/t29-,30-,47-,64-/m0/s1. The van der Waals surface area contributed by atoms with E-state index in [-0.39, 0.29) is 28.2 Å². The van der Waals surface area contributed by atoms with Crippen LogP contribution in [0.2, 0.25) is 0 Å². The molecule has 0 spiro atoms. The number of fused-ring (bicyclic) bond motifs is 2. The zero-order chi connectivity index (χ0) is 44.8. The molecule has 1 aliphatic carbocycles. The molecule has 7 aromatic rings. The number of aromatic nitrogens is 7. The highest BCUT2D eigenvalue weighted by atomic mass is 32.2. The van der Waals surface area contributed by atoms with E-state index >= 15 is 9.18 Å². The number of halogens is 1. The summed E-state index contributed by atoms with van der Waals surface area (Å²) in [5.41, 5.74) is 4.91. The average molecular weight is 904 g/mol. The number of carbonyl (C=O) groups is 1. The molecule has 1 N–H and O–H groups in total. The molecule has 10 rings (SSSR count). The molecule has 1 amide bonds. The molecular formula is C47H50FN9O5S2. The average Bonchev–Trinajstić information content (AvgIpc) is 3.80. The Labute approximate surface area is 373 Å². The fraction of sp³-hybridized carbons (Fsp3) is 0.383. The van der Waals surface area contributed by atoms with Crippen LogP contribution >= 0.6 is 11.5 Å². The molecule has 14 nitrogen and oxygen atoms in total. The summed E-state index contributed by atoms with van der Waals surface area (Å²) in [7, 11) is -1.03. The number of amides is 1. The van der Waals surface area contributed by atoms with Crippen molar-refractivity contribution in [1.29, 1.82) is 0 Å². The Morgan fingerprint density at radius 2 is 1.70 bits per heavy atom. The maximum Gasteiger partial charge on any atom is 0.338 e. The molecule has 2 fully saturated rings. The summed E-state index contributed by atoms with van der Waals surface area (Å²) in [6, 6.07) is 18.3. The lowest BCUT2D eigenvalue weighted by atomic mass is 9.91. The van der Waals surface area contributed by atoms with Crippen LogP contribution in [0, 0.1) is 25.6 Å². The van der Waals surface area contributed by atoms with Crippen molar-refractivity contribution in [2.45, 2.75) is 82.7 Å². The fourth-order valence-corrected chi connectivity index (χ4v) is 12.1. The van der Waals surface area contributed by atoms with Gasteiger partial charge in [-0.05, 0) is 123 Å². The van der Waals surface area contributed by atoms with Gasteiger partial charge in [0.25, 0.3) is 5.91 Å². The smallest absolute Gasteiger partial charge is 0.338 e. The van der Waals surface area contributed by atoms with E-state index in [1.807, 2.05) is 24.8 Å². The zero-order valence-corrected chi connectivity index (χ0v) is 38.3. The Morgan fingerprint density at radius 3 is 2.34 bits per heavy atom. The predicted octanol–water partition coefficient (Wildman–Crippen LogP) is 7.58. The van der Waals surface area contributed by atoms with Gasteiger partial charge in [-0.3, -0.25) is 23.7 Å². The van der Waals surface area contributed by atoms with E-state index in [4.69, 9.17) is 9.84 Å². The van der Waals surface area contributed by atoms with Crippen LogP contribution in [0.1, 0.15) is 96.3 Å². The van der Waals surface area contributed by atoms with Crippen molar-refractivity contribution in [2.75, 3.05) is 32.6 Å². The second kappa shape index (κ2) is 15.7. The molecule has 3 aliphatic rings. The van der Waals surface area contributed by atoms with Gasteiger partial charge in [-0.1, -0.05) is 19.9 Å². The van der Waals surface area contributed by atoms with Crippen LogP contribution in [0.3, 0.4) is 0 Å². The van der Waals surface area contributed by atoms with Gasteiger partial charge >= 0.3 is 10.6 Å². The number of nitrogens with one attached hydrogen (secondary N) is 1. The molecule has 1 saturated carbocycles. The number of nitrogens with zero attached hydrogens (tertiary/aromatic N) is 8. The summed E-state index contributed by atoms with van der Waals surface area (Å²) in [6.45, 7) is 11.1. The molecule has 1 saturated heterocycles. The molecule has 332 valence electrons. The van der Waals surface area contributed by atoms with E-state index in [2.05, 4.69) is 43.4 Å². The van der Waals surface area contributed by atoms with Crippen molar-refractivity contribution in [3.8, 4) is 17.2 Å². The number of hydrogen-bond acceptors (Lipinski definition) is 9. The number of ether oxygens (including phenoxy) is 1. The molecule has 2 aliphatic heterocycles. The lowest BCUT2D eigenvalue weighted by molar-refractivity contribution is 0.0663. The Morgan fingerprint density at radius 1 is 1.00 bits per heavy atom. The highest BCUT2D eigenvalue weighted by Crippen LogP contribution is 2.56. The monoisotopic (exact) mass is 903 g/mol. The second-order valence-corrected chi connectivity index (χ2v) is 20.8. The Hall–Kier alpha value is -5.91. The van der Waals surface area contributed by atoms with Gasteiger partial charge in [0.05, 0.1) is 32.8 Å². The minimum absolute atomic E-state index is 0.0879. The van der Waals surface area contributed by atoms with Crippen molar-refractivity contribution in [2.24, 2.45) is 10.3 Å². The van der Waals surface area contributed by atoms with E-state index in [0.29, 0.717) is 94.6 Å². The topological polar surface area (TPSA) is 154 Å². The Balaban J connectivity index is 1.11. The minimum Gasteiger partial charge on any atom is -0.381 e. The Kier molecular flexibility index (Phi) is 10.3. The van der Waals surface area contributed by atoms with E-state index in [0.717, 1.165) is 41.0 Å². The molecule has 17 heteroatoms. The normalized spacial score (nSPS) is 21.0. The van der Waals surface area contributed by atoms with Crippen molar-refractivity contribution in [3.63, 3.8) is 0 Å². The molecule has 3 aromatic carbocycles. The summed E-state index contributed by atoms with van der Waals surface area (Å²) < 4.78 is 49.7. The second-order valence-electron chi connectivity index (χ2n) is 17.4. The number of hydrogen-bond donors (Lipinski definition) is 1. The quantitative estimate of drug-likeness (QED) is 0.157. The predicted molar refractivity (Wildman–Crippen MR) is 245 cm³/mol. The first-order valence-electron chi connectivity index (χ1n) is 21.8. The fourth-order valence-electron chi connectivity index (χ4n) is 10.2. The number of imidazole rings is 1. The first kappa shape index (κ1) is 42.1. The van der Waals surface area contributed by atoms with Gasteiger partial charge in [-0.15, -0.1) is 0 Å². The van der Waals surface area contributed by atoms with E-state index in [1.54, 1.807) is 74.4 Å². The van der Waals surface area contributed by atoms with Crippen LogP contribution < -0.4 is 10.6 Å². The summed E-state index contributed by atoms with van der Waals surface area (Å²) in [5.74, 6) is 1.28. The van der Waals surface area contributed by atoms with Crippen molar-refractivity contribution in [3.05, 3.63) is 138 Å². The number of aryl methyl sites for hydroxylation is 2. The zero-order valence-electron chi connectivity index (χ0n) is 36.6. The van der Waals surface area contributed by atoms with Crippen LogP contribution in [0.5, 0.6) is 0 Å². The van der Waals surface area contributed by atoms with Gasteiger partial charge < -0.3 is 14.2 Å². The van der Waals surface area contributed by atoms with Crippen molar-refractivity contribution < 1.29 is 18.1 Å². The number of carbonyl (C=O) groups excluding carboxylic acids is 1. The van der Waals surface area contributed by atoms with Crippen LogP contribution in [-0.2, 0) is 26.4 Å². The van der Waals surface area contributed by atoms with E-state index < -0.39 is 21.3 Å². The summed E-state index contributed by atoms with van der Waals surface area (Å²) in [5, 5.41) is 6.04. The molecule has 6 heterocycles. The van der Waals surface area contributed by atoms with Crippen LogP contribution in [0.15, 0.2) is 91.9 Å². The third-order valence-electron chi connectivity index (χ3n) is 13.8. The Bertz CT molecular complexity index is 3230. The maximum atomic E-state index is 15.5. The highest BCUT2D eigenvalue weighted by molar-refractivity contribution is 7.93. The highest BCUT2D eigenvalue weighted by Gasteiger charge is 2.58. The number of aromatic amines is 1. The molecule has 4 atom stereocenters. The first-order valence-corrected chi connectivity index (χ1v) is 24.3. The van der Waals surface area contributed by atoms with Crippen LogP contribution in [-0.4, -0.2) is 80.4 Å². The molecule has 0 bridgehead atoms. The van der Waals surface area contributed by atoms with Gasteiger partial charge in [0, 0.05) is 84.3 Å². The lowest BCUT2D eigenvalue weighted by Crippen LogP contribution is -2.41. The van der Waals surface area contributed by atoms with Crippen LogP contribution in [0.4, 0.5) is 4.39 Å². The minimum atomic E-state index is -2.58. The number of rotatable bonds is 9. The van der Waals surface area contributed by atoms with E-state index in [9.17, 15) is 13.8 Å². The van der Waals surface area contributed by atoms with Crippen molar-refractivity contribution in [1.82, 2.24) is 37.7 Å². The molecule has 0 radical (unpaired) electrons. The van der Waals surface area contributed by atoms with Gasteiger partial charge in [-0.25, -0.2) is 22.4 Å². The van der Waals surface area contributed by atoms with Gasteiger partial charge in [0.15, 0.2) is 0 Å². The summed E-state index contributed by atoms with van der Waals surface area (Å²) in [6.07, 6.45) is 6.30. The molecular weight excluding hydrogens is 854 g/mol. The van der Waals surface area contributed by atoms with Gasteiger partial charge in [0.2, 0.25) is 0 Å². The largest absolute Gasteiger partial charge is 0.381 e. The summed E-state index contributed by atoms with van der Waals surface area (Å²) in [4.78, 5) is 47.9. The lowest BCUT2D eigenvalue weighted by Gasteiger charge is -2.34. The van der Waals surface area contributed by atoms with Gasteiger partial charge in [-0.2, -0.15) is 9.47 Å². The number of benzene rings is 3. The summed E-state index contributed by atoms with van der Waals surface area (Å²) >= 11 is 0.883. The maximum absolute atomic E-state index is 15.5. The first-order chi connectivity index (χ1) is 30.8. The third kappa shape index (κ3) is 6.56. The molecule has 64 heavy (non-hydrogen) atoms.